The summed E-state index contributed by atoms with van der Waals surface area (Å²) in [6.07, 6.45) is 7.08. The molecule has 0 aromatic carbocycles. The lowest BCUT2D eigenvalue weighted by atomic mass is 9.42. The fourth-order valence-electron chi connectivity index (χ4n) is 10.3. The van der Waals surface area contributed by atoms with Crippen molar-refractivity contribution in [3.05, 3.63) is 0 Å². The molecule has 2 aliphatic heterocycles. The zero-order valence-electron chi connectivity index (χ0n) is 20.4. The minimum absolute atomic E-state index is 0.209. The van der Waals surface area contributed by atoms with Gasteiger partial charge in [0.15, 0.2) is 5.79 Å². The lowest BCUT2D eigenvalue weighted by molar-refractivity contribution is -0.279. The van der Waals surface area contributed by atoms with Crippen molar-refractivity contribution in [2.24, 2.45) is 46.3 Å². The Morgan fingerprint density at radius 2 is 1.69 bits per heavy atom. The Bertz CT molecular complexity index is 763. The molecule has 0 amide bonds. The van der Waals surface area contributed by atoms with Gasteiger partial charge in [0.25, 0.3) is 0 Å². The van der Waals surface area contributed by atoms with Crippen LogP contribution in [0.15, 0.2) is 0 Å². The molecule has 5 heteroatoms. The van der Waals surface area contributed by atoms with E-state index in [4.69, 9.17) is 9.47 Å². The number of aliphatic hydroxyl groups excluding tert-OH is 2. The van der Waals surface area contributed by atoms with E-state index in [0.717, 1.165) is 38.7 Å². The van der Waals surface area contributed by atoms with Crippen LogP contribution in [0.25, 0.3) is 0 Å². The maximum Gasteiger partial charge on any atom is 0.171 e. The van der Waals surface area contributed by atoms with Gasteiger partial charge in [-0.3, -0.25) is 0 Å². The summed E-state index contributed by atoms with van der Waals surface area (Å²) in [6, 6.07) is 0. The summed E-state index contributed by atoms with van der Waals surface area (Å²) in [5.41, 5.74) is -1.26. The summed E-state index contributed by atoms with van der Waals surface area (Å²) in [5.74, 6) is 2.52. The number of rotatable bonds is 0. The first kappa shape index (κ1) is 22.3. The largest absolute Gasteiger partial charge is 0.393 e. The van der Waals surface area contributed by atoms with Gasteiger partial charge in [0.1, 0.15) is 0 Å². The highest BCUT2D eigenvalue weighted by atomic mass is 16.7. The topological polar surface area (TPSA) is 79.2 Å². The summed E-state index contributed by atoms with van der Waals surface area (Å²) in [4.78, 5) is 0. The SMILES string of the molecule is CC1CC[C@@]2(OC1)O[C@H]1C[C@H]3[C@@H]4CC(O)C5(O)CC(O)CC[C@]5(C)[C@H]4CC[C@]3(C)[C@H]1[C@@H]2C. The molecule has 2 heterocycles. The van der Waals surface area contributed by atoms with E-state index in [-0.39, 0.29) is 22.7 Å². The lowest BCUT2D eigenvalue weighted by Crippen LogP contribution is -2.68. The van der Waals surface area contributed by atoms with E-state index in [1.54, 1.807) is 0 Å². The van der Waals surface area contributed by atoms with Crippen LogP contribution in [0.2, 0.25) is 0 Å². The molecule has 0 radical (unpaired) electrons. The van der Waals surface area contributed by atoms with E-state index < -0.39 is 17.8 Å². The lowest BCUT2D eigenvalue weighted by Gasteiger charge is -2.65. The normalized spacial score (nSPS) is 64.0. The van der Waals surface area contributed by atoms with Gasteiger partial charge >= 0.3 is 0 Å². The Kier molecular flexibility index (Phi) is 4.83. The van der Waals surface area contributed by atoms with Crippen LogP contribution in [0, 0.1) is 46.3 Å². The molecule has 0 aromatic rings. The van der Waals surface area contributed by atoms with Crippen molar-refractivity contribution in [2.45, 2.75) is 115 Å². The van der Waals surface area contributed by atoms with Gasteiger partial charge in [-0.15, -0.1) is 0 Å². The Balaban J connectivity index is 1.30. The molecular weight excluding hydrogens is 404 g/mol. The van der Waals surface area contributed by atoms with Gasteiger partial charge in [-0.05, 0) is 80.0 Å². The molecule has 182 valence electrons. The molecule has 6 rings (SSSR count). The van der Waals surface area contributed by atoms with Gasteiger partial charge in [-0.1, -0.05) is 27.7 Å². The average Bonchev–Trinajstić information content (AvgIpc) is 3.18. The number of aliphatic hydroxyl groups is 3. The molecule has 4 saturated carbocycles. The van der Waals surface area contributed by atoms with E-state index in [1.807, 2.05) is 0 Å². The average molecular weight is 449 g/mol. The van der Waals surface area contributed by atoms with E-state index in [2.05, 4.69) is 27.7 Å². The van der Waals surface area contributed by atoms with Gasteiger partial charge < -0.3 is 24.8 Å². The molecule has 2 saturated heterocycles. The molecule has 6 aliphatic rings. The van der Waals surface area contributed by atoms with Crippen molar-refractivity contribution in [3.8, 4) is 0 Å². The van der Waals surface area contributed by atoms with Crippen molar-refractivity contribution in [3.63, 3.8) is 0 Å². The van der Waals surface area contributed by atoms with Crippen molar-refractivity contribution in [1.29, 1.82) is 0 Å². The Morgan fingerprint density at radius 1 is 0.906 bits per heavy atom. The minimum atomic E-state index is -1.16. The fraction of sp³-hybridized carbons (Fsp3) is 1.00. The molecule has 1 spiro atoms. The van der Waals surface area contributed by atoms with Crippen LogP contribution in [-0.4, -0.2) is 51.6 Å². The monoisotopic (exact) mass is 448 g/mol. The molecule has 4 unspecified atom stereocenters. The zero-order chi connectivity index (χ0) is 22.7. The van der Waals surface area contributed by atoms with Gasteiger partial charge in [0.05, 0.1) is 30.5 Å². The third kappa shape index (κ3) is 2.64. The summed E-state index contributed by atoms with van der Waals surface area (Å²) < 4.78 is 13.3. The number of hydrogen-bond acceptors (Lipinski definition) is 5. The highest BCUT2D eigenvalue weighted by molar-refractivity contribution is 5.19. The Labute approximate surface area is 193 Å². The predicted molar refractivity (Wildman–Crippen MR) is 121 cm³/mol. The maximum atomic E-state index is 11.7. The minimum Gasteiger partial charge on any atom is -0.393 e. The molecule has 13 atom stereocenters. The van der Waals surface area contributed by atoms with Crippen molar-refractivity contribution >= 4 is 0 Å². The van der Waals surface area contributed by atoms with Crippen LogP contribution in [0.5, 0.6) is 0 Å². The molecule has 32 heavy (non-hydrogen) atoms. The highest BCUT2D eigenvalue weighted by Gasteiger charge is 2.71. The number of ether oxygens (including phenoxy) is 2. The van der Waals surface area contributed by atoms with Gasteiger partial charge in [-0.25, -0.2) is 0 Å². The van der Waals surface area contributed by atoms with Crippen LogP contribution >= 0.6 is 0 Å². The van der Waals surface area contributed by atoms with Crippen LogP contribution in [-0.2, 0) is 9.47 Å². The Morgan fingerprint density at radius 3 is 2.41 bits per heavy atom. The smallest absolute Gasteiger partial charge is 0.171 e. The second kappa shape index (κ2) is 6.94. The first-order valence-corrected chi connectivity index (χ1v) is 13.4. The molecule has 6 fully saturated rings. The zero-order valence-corrected chi connectivity index (χ0v) is 20.4. The third-order valence-corrected chi connectivity index (χ3v) is 12.1. The summed E-state index contributed by atoms with van der Waals surface area (Å²) in [6.45, 7) is 10.2. The molecular formula is C27H44O5. The number of hydrogen-bond donors (Lipinski definition) is 3. The summed E-state index contributed by atoms with van der Waals surface area (Å²) in [7, 11) is 0. The van der Waals surface area contributed by atoms with Crippen molar-refractivity contribution in [1.82, 2.24) is 0 Å². The second-order valence-corrected chi connectivity index (χ2v) is 13.4. The van der Waals surface area contributed by atoms with E-state index in [9.17, 15) is 15.3 Å². The molecule has 3 N–H and O–H groups in total. The predicted octanol–water partition coefficient (Wildman–Crippen LogP) is 3.88. The third-order valence-electron chi connectivity index (χ3n) is 12.1. The highest BCUT2D eigenvalue weighted by Crippen LogP contribution is 2.71. The summed E-state index contributed by atoms with van der Waals surface area (Å²) in [5, 5.41) is 33.2. The molecule has 4 aliphatic carbocycles. The van der Waals surface area contributed by atoms with E-state index in [1.165, 1.54) is 12.8 Å². The van der Waals surface area contributed by atoms with Crippen molar-refractivity contribution in [2.75, 3.05) is 6.61 Å². The molecule has 0 aromatic heterocycles. The van der Waals surface area contributed by atoms with Crippen LogP contribution in [0.4, 0.5) is 0 Å². The van der Waals surface area contributed by atoms with Gasteiger partial charge in [0, 0.05) is 24.2 Å². The first-order chi connectivity index (χ1) is 15.0. The van der Waals surface area contributed by atoms with Gasteiger partial charge in [0.2, 0.25) is 0 Å². The van der Waals surface area contributed by atoms with Crippen LogP contribution in [0.3, 0.4) is 0 Å². The quantitative estimate of drug-likeness (QED) is 0.524. The standard InChI is InChI=1S/C27H44O5/c1-15-5-10-27(31-14-15)16(2)23-21(32-27)12-20-18-11-22(29)26(30)13-17(28)6-9-25(26,4)19(18)7-8-24(20,23)3/h15-23,28-30H,5-14H2,1-4H3/t15?,16-,17?,18+,19-,20-,21-,22?,23-,24-,25+,26?,27+/m0/s1. The first-order valence-electron chi connectivity index (χ1n) is 13.4. The maximum absolute atomic E-state index is 11.7. The van der Waals surface area contributed by atoms with Gasteiger partial charge in [-0.2, -0.15) is 0 Å². The Hall–Kier alpha value is -0.200. The van der Waals surface area contributed by atoms with Crippen molar-refractivity contribution < 1.29 is 24.8 Å². The van der Waals surface area contributed by atoms with Crippen LogP contribution < -0.4 is 0 Å². The van der Waals surface area contributed by atoms with E-state index in [0.29, 0.717) is 48.3 Å². The summed E-state index contributed by atoms with van der Waals surface area (Å²) >= 11 is 0. The van der Waals surface area contributed by atoms with E-state index >= 15 is 0 Å². The fourth-order valence-corrected chi connectivity index (χ4v) is 10.3. The molecule has 0 bridgehead atoms. The number of fused-ring (bicyclic) bond motifs is 7. The molecule has 5 nitrogen and oxygen atoms in total. The van der Waals surface area contributed by atoms with Crippen LogP contribution in [0.1, 0.15) is 85.5 Å². The second-order valence-electron chi connectivity index (χ2n) is 13.4.